The van der Waals surface area contributed by atoms with Gasteiger partial charge in [-0.25, -0.2) is 9.78 Å². The quantitative estimate of drug-likeness (QED) is 0.547. The topological polar surface area (TPSA) is 54.0 Å². The van der Waals surface area contributed by atoms with Crippen molar-refractivity contribution in [3.05, 3.63) is 0 Å². The van der Waals surface area contributed by atoms with E-state index in [-0.39, 0.29) is 24.7 Å². The molecule has 4 aliphatic heterocycles. The van der Waals surface area contributed by atoms with Crippen molar-refractivity contribution in [1.82, 2.24) is 0 Å². The molecule has 5 aliphatic rings. The van der Waals surface area contributed by atoms with E-state index in [1.54, 1.807) is 6.92 Å². The molecule has 0 unspecified atom stereocenters. The average Bonchev–Trinajstić information content (AvgIpc) is 2.76. The summed E-state index contributed by atoms with van der Waals surface area (Å²) in [7, 11) is 0. The van der Waals surface area contributed by atoms with Crippen LogP contribution < -0.4 is 0 Å². The van der Waals surface area contributed by atoms with Crippen LogP contribution in [0.15, 0.2) is 0 Å². The molecule has 8 heteroatoms. The third-order valence-corrected chi connectivity index (χ3v) is 6.76. The van der Waals surface area contributed by atoms with E-state index in [1.165, 1.54) is 0 Å². The van der Waals surface area contributed by atoms with Crippen molar-refractivity contribution < 1.29 is 37.2 Å². The summed E-state index contributed by atoms with van der Waals surface area (Å²) in [6.45, 7) is 3.91. The zero-order valence-electron chi connectivity index (χ0n) is 15.0. The normalized spacial score (nSPS) is 47.9. The standard InChI is InChI=1S/C18H25F3O5/c1-10-5-6-13-11(4-3-8-17(19,20)21)14(22)23-15-18(13)12(10)7-9-16(2,24-15)25-26-18/h10-13,15H,3-9H2,1-2H3/t10-,11-,12+,13+,15-,16-,18-/m1/s1. The number of esters is 1. The zero-order valence-corrected chi connectivity index (χ0v) is 15.0. The maximum absolute atomic E-state index is 12.6. The van der Waals surface area contributed by atoms with Crippen LogP contribution in [0.3, 0.4) is 0 Å². The van der Waals surface area contributed by atoms with Crippen LogP contribution in [0.2, 0.25) is 0 Å². The Morgan fingerprint density at radius 2 is 1.92 bits per heavy atom. The molecule has 0 aromatic rings. The maximum Gasteiger partial charge on any atom is 0.389 e. The van der Waals surface area contributed by atoms with Gasteiger partial charge in [0.25, 0.3) is 0 Å². The summed E-state index contributed by atoms with van der Waals surface area (Å²) in [6.07, 6.45) is -2.88. The van der Waals surface area contributed by atoms with Crippen molar-refractivity contribution in [3.8, 4) is 0 Å². The SMILES string of the molecule is C[C@@H]1CC[C@H]2[C@@H](CCCC(F)(F)F)C(=O)O[C@@H]3O[C@@]4(C)CC[C@@H]1[C@]32OO4. The average molecular weight is 378 g/mol. The van der Waals surface area contributed by atoms with E-state index in [4.69, 9.17) is 19.2 Å². The van der Waals surface area contributed by atoms with Gasteiger partial charge in [-0.05, 0) is 44.9 Å². The van der Waals surface area contributed by atoms with Crippen molar-refractivity contribution >= 4 is 5.97 Å². The van der Waals surface area contributed by atoms with Crippen molar-refractivity contribution in [3.63, 3.8) is 0 Å². The Balaban J connectivity index is 1.63. The van der Waals surface area contributed by atoms with Gasteiger partial charge in [0.1, 0.15) is 0 Å². The molecule has 148 valence electrons. The summed E-state index contributed by atoms with van der Waals surface area (Å²) in [5, 5.41) is 0. The van der Waals surface area contributed by atoms with Gasteiger partial charge in [0.2, 0.25) is 12.1 Å². The Morgan fingerprint density at radius 3 is 2.65 bits per heavy atom. The number of hydrogen-bond donors (Lipinski definition) is 0. The Hall–Kier alpha value is -0.860. The van der Waals surface area contributed by atoms with Gasteiger partial charge >= 0.3 is 12.1 Å². The molecule has 0 aromatic carbocycles. The molecule has 0 aromatic heterocycles. The van der Waals surface area contributed by atoms with Gasteiger partial charge in [-0.2, -0.15) is 13.2 Å². The van der Waals surface area contributed by atoms with Gasteiger partial charge in [-0.15, -0.1) is 0 Å². The third-order valence-electron chi connectivity index (χ3n) is 6.76. The Labute approximate surface area is 150 Å². The van der Waals surface area contributed by atoms with Gasteiger partial charge in [-0.1, -0.05) is 6.92 Å². The number of rotatable bonds is 3. The largest absolute Gasteiger partial charge is 0.432 e. The predicted molar refractivity (Wildman–Crippen MR) is 82.3 cm³/mol. The summed E-state index contributed by atoms with van der Waals surface area (Å²) < 4.78 is 49.2. The summed E-state index contributed by atoms with van der Waals surface area (Å²) in [6, 6.07) is 0. The van der Waals surface area contributed by atoms with Crippen LogP contribution in [0.1, 0.15) is 58.8 Å². The van der Waals surface area contributed by atoms with E-state index < -0.39 is 42.2 Å². The second-order valence-electron chi connectivity index (χ2n) is 8.46. The summed E-state index contributed by atoms with van der Waals surface area (Å²) >= 11 is 0. The second kappa shape index (κ2) is 6.07. The van der Waals surface area contributed by atoms with Crippen LogP contribution in [0.4, 0.5) is 13.2 Å². The van der Waals surface area contributed by atoms with Crippen molar-refractivity contribution in [2.75, 3.05) is 0 Å². The van der Waals surface area contributed by atoms with E-state index in [1.807, 2.05) is 0 Å². The first-order valence-corrected chi connectivity index (χ1v) is 9.46. The minimum Gasteiger partial charge on any atom is -0.432 e. The van der Waals surface area contributed by atoms with Gasteiger partial charge < -0.3 is 9.47 Å². The number of halogens is 3. The van der Waals surface area contributed by atoms with Crippen molar-refractivity contribution in [2.24, 2.45) is 23.7 Å². The second-order valence-corrected chi connectivity index (χ2v) is 8.46. The minimum atomic E-state index is -4.22. The highest BCUT2D eigenvalue weighted by Crippen LogP contribution is 2.60. The molecule has 4 saturated heterocycles. The first-order chi connectivity index (χ1) is 12.1. The molecule has 5 rings (SSSR count). The van der Waals surface area contributed by atoms with Gasteiger partial charge in [0, 0.05) is 24.7 Å². The Bertz CT molecular complexity index is 582. The van der Waals surface area contributed by atoms with E-state index in [9.17, 15) is 18.0 Å². The third kappa shape index (κ3) is 2.85. The molecule has 7 atom stereocenters. The molecule has 2 bridgehead atoms. The summed E-state index contributed by atoms with van der Waals surface area (Å²) in [5.74, 6) is -1.85. The minimum absolute atomic E-state index is 0.0915. The van der Waals surface area contributed by atoms with Crippen LogP contribution in [0, 0.1) is 23.7 Å². The lowest BCUT2D eigenvalue weighted by atomic mass is 9.57. The predicted octanol–water partition coefficient (Wildman–Crippen LogP) is 4.11. The lowest BCUT2D eigenvalue weighted by Gasteiger charge is -2.58. The van der Waals surface area contributed by atoms with E-state index >= 15 is 0 Å². The molecule has 4 heterocycles. The summed E-state index contributed by atoms with van der Waals surface area (Å²) in [5.41, 5.74) is -0.912. The van der Waals surface area contributed by atoms with Crippen LogP contribution in [0.25, 0.3) is 0 Å². The van der Waals surface area contributed by atoms with Crippen LogP contribution in [-0.2, 0) is 24.0 Å². The fraction of sp³-hybridized carbons (Fsp3) is 0.944. The van der Waals surface area contributed by atoms with Gasteiger partial charge in [-0.3, -0.25) is 4.79 Å². The van der Waals surface area contributed by atoms with E-state index in [0.717, 1.165) is 12.8 Å². The molecule has 0 amide bonds. The zero-order chi connectivity index (χ0) is 18.7. The van der Waals surface area contributed by atoms with Crippen molar-refractivity contribution in [1.29, 1.82) is 0 Å². The number of carbonyl (C=O) groups is 1. The molecule has 0 radical (unpaired) electrons. The number of hydrogen-bond acceptors (Lipinski definition) is 5. The highest BCUT2D eigenvalue weighted by atomic mass is 19.4. The molecule has 5 nitrogen and oxygen atoms in total. The fourth-order valence-electron chi connectivity index (χ4n) is 5.46. The molecule has 1 aliphatic carbocycles. The number of fused-ring (bicyclic) bond motifs is 2. The molecule has 26 heavy (non-hydrogen) atoms. The number of ether oxygens (including phenoxy) is 2. The van der Waals surface area contributed by atoms with Crippen molar-refractivity contribution in [2.45, 2.75) is 82.6 Å². The molecule has 1 spiro atoms. The van der Waals surface area contributed by atoms with Gasteiger partial charge in [0.05, 0.1) is 5.92 Å². The molecule has 5 fully saturated rings. The highest BCUT2D eigenvalue weighted by Gasteiger charge is 2.70. The number of alkyl halides is 3. The highest BCUT2D eigenvalue weighted by molar-refractivity contribution is 5.74. The Kier molecular flexibility index (Phi) is 4.32. The summed E-state index contributed by atoms with van der Waals surface area (Å²) in [4.78, 5) is 24.1. The molecule has 1 saturated carbocycles. The van der Waals surface area contributed by atoms with Crippen LogP contribution in [0.5, 0.6) is 0 Å². The van der Waals surface area contributed by atoms with Gasteiger partial charge in [0.15, 0.2) is 5.60 Å². The first kappa shape index (κ1) is 18.5. The maximum atomic E-state index is 12.6. The van der Waals surface area contributed by atoms with E-state index in [0.29, 0.717) is 18.8 Å². The first-order valence-electron chi connectivity index (χ1n) is 9.46. The molecule has 0 N–H and O–H groups in total. The molecular weight excluding hydrogens is 353 g/mol. The Morgan fingerprint density at radius 1 is 1.15 bits per heavy atom. The van der Waals surface area contributed by atoms with Crippen LogP contribution >= 0.6 is 0 Å². The van der Waals surface area contributed by atoms with Crippen LogP contribution in [-0.4, -0.2) is 29.8 Å². The monoisotopic (exact) mass is 378 g/mol. The van der Waals surface area contributed by atoms with E-state index in [2.05, 4.69) is 6.92 Å². The lowest BCUT2D eigenvalue weighted by Crippen LogP contribution is -2.70. The molecular formula is C18H25F3O5. The fourth-order valence-corrected chi connectivity index (χ4v) is 5.46. The lowest BCUT2D eigenvalue weighted by molar-refractivity contribution is -0.559. The number of carbonyl (C=O) groups excluding carboxylic acids is 1. The smallest absolute Gasteiger partial charge is 0.389 e.